The predicted molar refractivity (Wildman–Crippen MR) is 68.8 cm³/mol. The van der Waals surface area contributed by atoms with Gasteiger partial charge in [0, 0.05) is 11.2 Å². The Bertz CT molecular complexity index is 564. The number of hydrogen-bond acceptors (Lipinski definition) is 4. The number of rotatable bonds is 2. The van der Waals surface area contributed by atoms with Gasteiger partial charge >= 0.3 is 0 Å². The monoisotopic (exact) mass is 316 g/mol. The van der Waals surface area contributed by atoms with Gasteiger partial charge in [0.2, 0.25) is 5.95 Å². The van der Waals surface area contributed by atoms with Crippen molar-refractivity contribution in [3.05, 3.63) is 39.7 Å². The van der Waals surface area contributed by atoms with Gasteiger partial charge in [0.05, 0.1) is 10.2 Å². The lowest BCUT2D eigenvalue weighted by molar-refractivity contribution is 0.632. The zero-order valence-electron chi connectivity index (χ0n) is 8.42. The Hall–Kier alpha value is -1.40. The number of aromatic nitrogens is 2. The fraction of sp³-hybridized carbons (Fsp3) is 0. The highest BCUT2D eigenvalue weighted by Crippen LogP contribution is 2.26. The SMILES string of the molecule is Nc1ncc(Br)c(Nc2ccc(Cl)cc2F)n1. The van der Waals surface area contributed by atoms with E-state index in [0.717, 1.165) is 0 Å². The molecule has 17 heavy (non-hydrogen) atoms. The van der Waals surface area contributed by atoms with Crippen LogP contribution >= 0.6 is 27.5 Å². The van der Waals surface area contributed by atoms with E-state index in [2.05, 4.69) is 31.2 Å². The topological polar surface area (TPSA) is 63.8 Å². The average molecular weight is 318 g/mol. The highest BCUT2D eigenvalue weighted by Gasteiger charge is 2.07. The van der Waals surface area contributed by atoms with Crippen molar-refractivity contribution in [2.45, 2.75) is 0 Å². The van der Waals surface area contributed by atoms with E-state index in [1.54, 1.807) is 6.07 Å². The third-order valence-electron chi connectivity index (χ3n) is 1.95. The molecule has 0 saturated heterocycles. The molecule has 1 aromatic heterocycles. The molecule has 0 fully saturated rings. The predicted octanol–water partition coefficient (Wildman–Crippen LogP) is 3.36. The quantitative estimate of drug-likeness (QED) is 0.891. The molecule has 2 rings (SSSR count). The molecule has 1 aromatic carbocycles. The lowest BCUT2D eigenvalue weighted by Gasteiger charge is -2.08. The third-order valence-corrected chi connectivity index (χ3v) is 2.76. The van der Waals surface area contributed by atoms with E-state index in [1.165, 1.54) is 18.3 Å². The van der Waals surface area contributed by atoms with Gasteiger partial charge in [0.15, 0.2) is 0 Å². The van der Waals surface area contributed by atoms with Crippen LogP contribution in [0.25, 0.3) is 0 Å². The van der Waals surface area contributed by atoms with Crippen LogP contribution in [-0.4, -0.2) is 9.97 Å². The number of anilines is 3. The summed E-state index contributed by atoms with van der Waals surface area (Å²) in [5.74, 6) is 0.0189. The zero-order valence-corrected chi connectivity index (χ0v) is 10.8. The fourth-order valence-electron chi connectivity index (χ4n) is 1.19. The van der Waals surface area contributed by atoms with Crippen LogP contribution in [0.2, 0.25) is 5.02 Å². The molecule has 0 aliphatic rings. The molecule has 0 aliphatic carbocycles. The van der Waals surface area contributed by atoms with Crippen LogP contribution < -0.4 is 11.1 Å². The number of nitrogens with zero attached hydrogens (tertiary/aromatic N) is 2. The lowest BCUT2D eigenvalue weighted by Crippen LogP contribution is -2.01. The van der Waals surface area contributed by atoms with Gasteiger partial charge in [-0.2, -0.15) is 4.98 Å². The first-order chi connectivity index (χ1) is 8.06. The second-order valence-electron chi connectivity index (χ2n) is 3.17. The van der Waals surface area contributed by atoms with Gasteiger partial charge in [0.25, 0.3) is 0 Å². The Morgan fingerprint density at radius 2 is 2.18 bits per heavy atom. The Balaban J connectivity index is 2.34. The molecule has 0 atom stereocenters. The smallest absolute Gasteiger partial charge is 0.222 e. The Morgan fingerprint density at radius 1 is 1.41 bits per heavy atom. The first-order valence-corrected chi connectivity index (χ1v) is 5.73. The van der Waals surface area contributed by atoms with Crippen molar-refractivity contribution < 1.29 is 4.39 Å². The highest BCUT2D eigenvalue weighted by atomic mass is 79.9. The van der Waals surface area contributed by atoms with Gasteiger partial charge in [-0.3, -0.25) is 0 Å². The van der Waals surface area contributed by atoms with Crippen molar-refractivity contribution in [3.63, 3.8) is 0 Å². The van der Waals surface area contributed by atoms with Crippen molar-refractivity contribution in [2.75, 3.05) is 11.1 Å². The van der Waals surface area contributed by atoms with Crippen molar-refractivity contribution in [1.29, 1.82) is 0 Å². The summed E-state index contributed by atoms with van der Waals surface area (Å²) in [6.45, 7) is 0. The second kappa shape index (κ2) is 4.85. The van der Waals surface area contributed by atoms with Crippen molar-refractivity contribution >= 4 is 45.0 Å². The minimum absolute atomic E-state index is 0.102. The maximum atomic E-state index is 13.5. The maximum Gasteiger partial charge on any atom is 0.222 e. The number of benzene rings is 1. The second-order valence-corrected chi connectivity index (χ2v) is 4.46. The molecule has 0 amide bonds. The van der Waals surface area contributed by atoms with E-state index < -0.39 is 5.82 Å². The normalized spacial score (nSPS) is 10.3. The van der Waals surface area contributed by atoms with Crippen molar-refractivity contribution in [2.24, 2.45) is 0 Å². The van der Waals surface area contributed by atoms with E-state index in [0.29, 0.717) is 15.3 Å². The number of nitrogens with two attached hydrogens (primary N) is 1. The van der Waals surface area contributed by atoms with Gasteiger partial charge in [-0.25, -0.2) is 9.37 Å². The number of halogens is 3. The van der Waals surface area contributed by atoms with E-state index in [-0.39, 0.29) is 11.6 Å². The molecule has 0 spiro atoms. The van der Waals surface area contributed by atoms with Crippen LogP contribution in [0, 0.1) is 5.82 Å². The van der Waals surface area contributed by atoms with Gasteiger partial charge < -0.3 is 11.1 Å². The summed E-state index contributed by atoms with van der Waals surface area (Å²) in [5.41, 5.74) is 5.70. The molecule has 7 heteroatoms. The molecule has 1 heterocycles. The average Bonchev–Trinajstić information content (AvgIpc) is 2.27. The number of hydrogen-bond donors (Lipinski definition) is 2. The van der Waals surface area contributed by atoms with E-state index >= 15 is 0 Å². The summed E-state index contributed by atoms with van der Waals surface area (Å²) in [6, 6.07) is 4.30. The van der Waals surface area contributed by atoms with Crippen LogP contribution in [0.15, 0.2) is 28.9 Å². The highest BCUT2D eigenvalue weighted by molar-refractivity contribution is 9.10. The van der Waals surface area contributed by atoms with Crippen LogP contribution in [0.5, 0.6) is 0 Å². The minimum Gasteiger partial charge on any atom is -0.368 e. The Labute approximate surface area is 110 Å². The molecule has 0 radical (unpaired) electrons. The summed E-state index contributed by atoms with van der Waals surface area (Å²) in [5, 5.41) is 3.12. The molecule has 3 N–H and O–H groups in total. The summed E-state index contributed by atoms with van der Waals surface area (Å²) in [7, 11) is 0. The third kappa shape index (κ3) is 2.83. The molecule has 88 valence electrons. The molecule has 2 aromatic rings. The van der Waals surface area contributed by atoms with Crippen molar-refractivity contribution in [3.8, 4) is 0 Å². The first-order valence-electron chi connectivity index (χ1n) is 4.56. The summed E-state index contributed by atoms with van der Waals surface area (Å²) >= 11 is 8.89. The molecule has 0 bridgehead atoms. The van der Waals surface area contributed by atoms with Crippen LogP contribution in [-0.2, 0) is 0 Å². The van der Waals surface area contributed by atoms with Crippen molar-refractivity contribution in [1.82, 2.24) is 9.97 Å². The standard InChI is InChI=1S/C10H7BrClFN4/c11-6-4-15-10(14)17-9(6)16-8-2-1-5(12)3-7(8)13/h1-4H,(H3,14,15,16,17). The minimum atomic E-state index is -0.471. The van der Waals surface area contributed by atoms with E-state index in [1.807, 2.05) is 0 Å². The Morgan fingerprint density at radius 3 is 2.88 bits per heavy atom. The molecule has 0 unspecified atom stereocenters. The van der Waals surface area contributed by atoms with Gasteiger partial charge in [-0.15, -0.1) is 0 Å². The zero-order chi connectivity index (χ0) is 12.4. The van der Waals surface area contributed by atoms with Crippen LogP contribution in [0.4, 0.5) is 21.8 Å². The summed E-state index contributed by atoms with van der Waals surface area (Å²) in [6.07, 6.45) is 1.48. The fourth-order valence-corrected chi connectivity index (χ4v) is 1.64. The summed E-state index contributed by atoms with van der Waals surface area (Å²) in [4.78, 5) is 7.72. The molecular weight excluding hydrogens is 310 g/mol. The first kappa shape index (κ1) is 12.1. The maximum absolute atomic E-state index is 13.5. The van der Waals surface area contributed by atoms with Crippen LogP contribution in [0.3, 0.4) is 0 Å². The van der Waals surface area contributed by atoms with E-state index in [4.69, 9.17) is 17.3 Å². The van der Waals surface area contributed by atoms with Gasteiger partial charge in [0.1, 0.15) is 11.6 Å². The van der Waals surface area contributed by atoms with Crippen LogP contribution in [0.1, 0.15) is 0 Å². The largest absolute Gasteiger partial charge is 0.368 e. The molecule has 0 saturated carbocycles. The molecular formula is C10H7BrClFN4. The molecule has 4 nitrogen and oxygen atoms in total. The molecule has 0 aliphatic heterocycles. The lowest BCUT2D eigenvalue weighted by atomic mass is 10.3. The summed E-state index contributed by atoms with van der Waals surface area (Å²) < 4.78 is 14.1. The number of nitrogens with one attached hydrogen (secondary N) is 1. The number of nitrogen functional groups attached to an aromatic ring is 1. The van der Waals surface area contributed by atoms with Gasteiger partial charge in [-0.1, -0.05) is 11.6 Å². The van der Waals surface area contributed by atoms with E-state index in [9.17, 15) is 4.39 Å². The van der Waals surface area contributed by atoms with Gasteiger partial charge in [-0.05, 0) is 34.1 Å². The Kier molecular flexibility index (Phi) is 3.44.